The number of rotatable bonds is 10. The van der Waals surface area contributed by atoms with E-state index in [0.717, 1.165) is 91.5 Å². The van der Waals surface area contributed by atoms with Gasteiger partial charge in [0, 0.05) is 53.7 Å². The number of benzene rings is 2. The Kier molecular flexibility index (Phi) is 8.63. The zero-order valence-electron chi connectivity index (χ0n) is 29.0. The summed E-state index contributed by atoms with van der Waals surface area (Å²) in [4.78, 5) is 32.3. The van der Waals surface area contributed by atoms with Crippen LogP contribution in [-0.2, 0) is 21.4 Å². The summed E-state index contributed by atoms with van der Waals surface area (Å²) < 4.78 is 35.8. The Labute approximate surface area is 285 Å². The van der Waals surface area contributed by atoms with Gasteiger partial charge in [-0.3, -0.25) is 9.59 Å². The SMILES string of the molecule is COc1ccc(-c2c(C3CCCCC3)c3ccc(C(=O)NS(=O)(=O)CC4CC4)cc3n2CC(C)(C)C(=O)N2C3CC2CN(C)C3)c(C)c1. The molecule has 0 radical (unpaired) electrons. The first kappa shape index (κ1) is 33.1. The molecule has 1 N–H and O–H groups in total. The van der Waals surface area contributed by atoms with Crippen LogP contribution in [0.15, 0.2) is 36.4 Å². The van der Waals surface area contributed by atoms with Crippen molar-refractivity contribution < 1.29 is 22.7 Å². The number of sulfonamides is 1. The maximum absolute atomic E-state index is 14.4. The van der Waals surface area contributed by atoms with Crippen LogP contribution >= 0.6 is 0 Å². The van der Waals surface area contributed by atoms with Gasteiger partial charge in [-0.15, -0.1) is 0 Å². The number of likely N-dealkylation sites (tertiary alicyclic amines) is 2. The minimum atomic E-state index is -3.73. The number of piperazine rings is 1. The molecule has 2 aliphatic carbocycles. The van der Waals surface area contributed by atoms with Crippen LogP contribution in [0.4, 0.5) is 0 Å². The first-order valence-electron chi connectivity index (χ1n) is 17.7. The molecule has 48 heavy (non-hydrogen) atoms. The second-order valence-corrected chi connectivity index (χ2v) is 17.4. The van der Waals surface area contributed by atoms with Crippen LogP contribution in [0.2, 0.25) is 0 Å². The van der Waals surface area contributed by atoms with Crippen molar-refractivity contribution >= 4 is 32.7 Å². The Morgan fingerprint density at radius 3 is 2.33 bits per heavy atom. The summed E-state index contributed by atoms with van der Waals surface area (Å²) in [7, 11) is 0.0644. The van der Waals surface area contributed by atoms with Crippen LogP contribution in [0.3, 0.4) is 0 Å². The third-order valence-electron chi connectivity index (χ3n) is 11.2. The van der Waals surface area contributed by atoms with E-state index in [-0.39, 0.29) is 29.7 Å². The number of ether oxygens (including phenoxy) is 1. The molecule has 9 nitrogen and oxygen atoms in total. The summed E-state index contributed by atoms with van der Waals surface area (Å²) in [5, 5.41) is 1.06. The molecule has 4 aliphatic rings. The molecule has 2 saturated carbocycles. The molecule has 2 amide bonds. The number of amides is 2. The fourth-order valence-electron chi connectivity index (χ4n) is 8.61. The molecular formula is C38H50N4O5S. The summed E-state index contributed by atoms with van der Waals surface area (Å²) in [6.45, 7) is 8.41. The largest absolute Gasteiger partial charge is 0.497 e. The van der Waals surface area contributed by atoms with Crippen molar-refractivity contribution in [1.82, 2.24) is 19.1 Å². The fraction of sp³-hybridized carbons (Fsp3) is 0.579. The van der Waals surface area contributed by atoms with Crippen molar-refractivity contribution in [3.63, 3.8) is 0 Å². The van der Waals surface area contributed by atoms with E-state index in [4.69, 9.17) is 4.74 Å². The number of methoxy groups -OCH3 is 1. The van der Waals surface area contributed by atoms with Crippen molar-refractivity contribution in [2.75, 3.05) is 33.0 Å². The van der Waals surface area contributed by atoms with Crippen molar-refractivity contribution in [2.24, 2.45) is 11.3 Å². The van der Waals surface area contributed by atoms with Crippen molar-refractivity contribution in [2.45, 2.75) is 96.7 Å². The molecule has 4 fully saturated rings. The summed E-state index contributed by atoms with van der Waals surface area (Å²) in [5.74, 6) is 0.787. The summed E-state index contributed by atoms with van der Waals surface area (Å²) in [6.07, 6.45) is 8.53. The van der Waals surface area contributed by atoms with Gasteiger partial charge in [-0.05, 0) is 113 Å². The minimum absolute atomic E-state index is 0.0192. The highest BCUT2D eigenvalue weighted by molar-refractivity contribution is 7.90. The number of aromatic nitrogens is 1. The van der Waals surface area contributed by atoms with Crippen LogP contribution < -0.4 is 9.46 Å². The van der Waals surface area contributed by atoms with E-state index in [1.54, 1.807) is 13.2 Å². The summed E-state index contributed by atoms with van der Waals surface area (Å²) >= 11 is 0. The van der Waals surface area contributed by atoms with Gasteiger partial charge in [0.25, 0.3) is 5.91 Å². The number of piperidine rings is 1. The number of likely N-dealkylation sites (N-methyl/N-ethyl adjacent to an activating group) is 1. The van der Waals surface area contributed by atoms with E-state index in [2.05, 4.69) is 45.2 Å². The second-order valence-electron chi connectivity index (χ2n) is 15.6. The van der Waals surface area contributed by atoms with E-state index in [9.17, 15) is 18.0 Å². The predicted molar refractivity (Wildman–Crippen MR) is 189 cm³/mol. The number of hydrogen-bond acceptors (Lipinski definition) is 6. The number of aryl methyl sites for hydroxylation is 1. The van der Waals surface area contributed by atoms with Crippen molar-refractivity contribution in [3.8, 4) is 17.0 Å². The van der Waals surface area contributed by atoms with E-state index in [1.165, 1.54) is 12.0 Å². The highest BCUT2D eigenvalue weighted by Crippen LogP contribution is 2.47. The summed E-state index contributed by atoms with van der Waals surface area (Å²) in [6, 6.07) is 12.3. The molecule has 10 heteroatoms. The van der Waals surface area contributed by atoms with Gasteiger partial charge in [-0.2, -0.15) is 0 Å². The molecule has 7 rings (SSSR count). The molecule has 2 saturated heterocycles. The van der Waals surface area contributed by atoms with Gasteiger partial charge in [0.1, 0.15) is 5.75 Å². The standard InChI is InChI=1S/C38H50N4O5S/c1-24-17-30(47-5)14-16-31(24)35-34(26-9-7-6-8-10-26)32-15-13-27(36(43)39-48(45,46)22-25-11-12-25)18-33(32)41(35)23-38(2,3)37(44)42-28-19-29(42)21-40(4)20-28/h13-18,25-26,28-29H,6-12,19-23H2,1-5H3,(H,39,43). The van der Waals surface area contributed by atoms with E-state index >= 15 is 0 Å². The number of hydrogen-bond donors (Lipinski definition) is 1. The van der Waals surface area contributed by atoms with Gasteiger partial charge in [0.15, 0.2) is 0 Å². The number of nitrogens with one attached hydrogen (secondary N) is 1. The molecular weight excluding hydrogens is 625 g/mol. The van der Waals surface area contributed by atoms with Gasteiger partial charge >= 0.3 is 0 Å². The highest BCUT2D eigenvalue weighted by Gasteiger charge is 2.50. The van der Waals surface area contributed by atoms with E-state index < -0.39 is 21.3 Å². The van der Waals surface area contributed by atoms with Crippen LogP contribution in [0.25, 0.3) is 22.2 Å². The van der Waals surface area contributed by atoms with Gasteiger partial charge in [0.05, 0.1) is 24.0 Å². The first-order valence-corrected chi connectivity index (χ1v) is 19.4. The lowest BCUT2D eigenvalue weighted by atomic mass is 9.81. The fourth-order valence-corrected chi connectivity index (χ4v) is 10.0. The van der Waals surface area contributed by atoms with Gasteiger partial charge in [0.2, 0.25) is 15.9 Å². The molecule has 1 aromatic heterocycles. The van der Waals surface area contributed by atoms with Crippen molar-refractivity contribution in [3.05, 3.63) is 53.1 Å². The lowest BCUT2D eigenvalue weighted by molar-refractivity contribution is -0.163. The molecule has 2 aromatic carbocycles. The molecule has 2 unspecified atom stereocenters. The van der Waals surface area contributed by atoms with Gasteiger partial charge in [-0.1, -0.05) is 25.3 Å². The van der Waals surface area contributed by atoms with Gasteiger partial charge in [-0.25, -0.2) is 13.1 Å². The highest BCUT2D eigenvalue weighted by atomic mass is 32.2. The quantitative estimate of drug-likeness (QED) is 0.280. The Morgan fingerprint density at radius 2 is 1.69 bits per heavy atom. The van der Waals surface area contributed by atoms with E-state index in [1.807, 2.05) is 32.0 Å². The predicted octanol–water partition coefficient (Wildman–Crippen LogP) is 6.08. The first-order chi connectivity index (χ1) is 22.8. The molecule has 2 bridgehead atoms. The third kappa shape index (κ3) is 6.26. The molecule has 3 aromatic rings. The van der Waals surface area contributed by atoms with E-state index in [0.29, 0.717) is 18.0 Å². The second kappa shape index (κ2) is 12.5. The Hall–Kier alpha value is -3.37. The molecule has 0 spiro atoms. The Balaban J connectivity index is 1.37. The molecule has 258 valence electrons. The van der Waals surface area contributed by atoms with Crippen LogP contribution in [0, 0.1) is 18.3 Å². The number of nitrogens with zero attached hydrogens (tertiary/aromatic N) is 3. The lowest BCUT2D eigenvalue weighted by Crippen LogP contribution is -2.71. The van der Waals surface area contributed by atoms with Gasteiger partial charge < -0.3 is 19.1 Å². The summed E-state index contributed by atoms with van der Waals surface area (Å²) in [5.41, 5.74) is 4.93. The monoisotopic (exact) mass is 674 g/mol. The lowest BCUT2D eigenvalue weighted by Gasteiger charge is -2.57. The molecule has 2 aliphatic heterocycles. The topological polar surface area (TPSA) is 101 Å². The molecule has 3 heterocycles. The van der Waals surface area contributed by atoms with Crippen LogP contribution in [-0.4, -0.2) is 79.7 Å². The smallest absolute Gasteiger partial charge is 0.264 e. The normalized spacial score (nSPS) is 22.1. The van der Waals surface area contributed by atoms with Crippen molar-refractivity contribution in [1.29, 1.82) is 0 Å². The Bertz CT molecular complexity index is 1840. The maximum atomic E-state index is 14.4. The van der Waals surface area contributed by atoms with Crippen LogP contribution in [0.1, 0.15) is 92.6 Å². The Morgan fingerprint density at radius 1 is 0.979 bits per heavy atom. The zero-order chi connectivity index (χ0) is 34.0. The molecule has 2 atom stereocenters. The zero-order valence-corrected chi connectivity index (χ0v) is 29.9. The maximum Gasteiger partial charge on any atom is 0.264 e. The number of fused-ring (bicyclic) bond motifs is 3. The number of carbonyl (C=O) groups is 2. The van der Waals surface area contributed by atoms with Crippen LogP contribution in [0.5, 0.6) is 5.75 Å². The number of carbonyl (C=O) groups excluding carboxylic acids is 2. The minimum Gasteiger partial charge on any atom is -0.497 e. The average molecular weight is 675 g/mol. The third-order valence-corrected chi connectivity index (χ3v) is 12.6. The average Bonchev–Trinajstić information content (AvgIpc) is 3.80.